The third-order valence-electron chi connectivity index (χ3n) is 2.01. The van der Waals surface area contributed by atoms with E-state index in [1.165, 1.54) is 18.6 Å². The van der Waals surface area contributed by atoms with Crippen molar-refractivity contribution in [2.24, 2.45) is 0 Å². The van der Waals surface area contributed by atoms with Gasteiger partial charge in [-0.05, 0) is 0 Å². The second kappa shape index (κ2) is 5.22. The van der Waals surface area contributed by atoms with Gasteiger partial charge in [-0.2, -0.15) is 0 Å². The molecule has 0 saturated carbocycles. The van der Waals surface area contributed by atoms with Gasteiger partial charge in [0.15, 0.2) is 0 Å². The molecule has 0 radical (unpaired) electrons. The molecule has 0 aliphatic rings. The van der Waals surface area contributed by atoms with E-state index < -0.39 is 9.84 Å². The fourth-order valence-electron chi connectivity index (χ4n) is 1.03. The van der Waals surface area contributed by atoms with Crippen molar-refractivity contribution in [2.45, 2.75) is 6.61 Å². The van der Waals surface area contributed by atoms with Crippen LogP contribution in [0.4, 0.5) is 5.95 Å². The Bertz CT molecular complexity index is 430. The molecule has 0 amide bonds. The summed E-state index contributed by atoms with van der Waals surface area (Å²) in [6.07, 6.45) is 4.22. The van der Waals surface area contributed by atoms with E-state index in [1.807, 2.05) is 0 Å². The van der Waals surface area contributed by atoms with Crippen LogP contribution in [-0.4, -0.2) is 49.1 Å². The van der Waals surface area contributed by atoms with Gasteiger partial charge in [0.2, 0.25) is 5.95 Å². The summed E-state index contributed by atoms with van der Waals surface area (Å²) in [4.78, 5) is 9.68. The van der Waals surface area contributed by atoms with Crippen molar-refractivity contribution in [1.29, 1.82) is 0 Å². The minimum atomic E-state index is -2.98. The highest BCUT2D eigenvalue weighted by atomic mass is 32.2. The number of aromatic nitrogens is 2. The second-order valence-corrected chi connectivity index (χ2v) is 5.86. The molecule has 7 heteroatoms. The van der Waals surface area contributed by atoms with Crippen LogP contribution in [0.5, 0.6) is 0 Å². The molecule has 1 heterocycles. The van der Waals surface area contributed by atoms with Crippen LogP contribution in [0.25, 0.3) is 0 Å². The van der Waals surface area contributed by atoms with Crippen LogP contribution in [0.3, 0.4) is 0 Å². The van der Waals surface area contributed by atoms with Crippen molar-refractivity contribution < 1.29 is 13.5 Å². The molecule has 90 valence electrons. The van der Waals surface area contributed by atoms with Gasteiger partial charge in [0, 0.05) is 37.8 Å². The molecule has 0 saturated heterocycles. The van der Waals surface area contributed by atoms with Gasteiger partial charge in [-0.15, -0.1) is 0 Å². The van der Waals surface area contributed by atoms with Gasteiger partial charge in [0.05, 0.1) is 12.4 Å². The van der Waals surface area contributed by atoms with Gasteiger partial charge >= 0.3 is 0 Å². The monoisotopic (exact) mass is 245 g/mol. The first-order chi connectivity index (χ1) is 7.42. The Kier molecular flexibility index (Phi) is 4.19. The number of nitrogens with zero attached hydrogens (tertiary/aromatic N) is 3. The summed E-state index contributed by atoms with van der Waals surface area (Å²) < 4.78 is 21.9. The zero-order valence-electron chi connectivity index (χ0n) is 9.29. The van der Waals surface area contributed by atoms with Gasteiger partial charge in [0.25, 0.3) is 0 Å². The fraction of sp³-hybridized carbons (Fsp3) is 0.556. The number of aliphatic hydroxyl groups excluding tert-OH is 1. The van der Waals surface area contributed by atoms with E-state index in [4.69, 9.17) is 5.11 Å². The topological polar surface area (TPSA) is 83.4 Å². The molecule has 0 fully saturated rings. The Morgan fingerprint density at radius 2 is 1.94 bits per heavy atom. The number of hydrogen-bond acceptors (Lipinski definition) is 6. The predicted molar refractivity (Wildman–Crippen MR) is 60.9 cm³/mol. The van der Waals surface area contributed by atoms with Crippen molar-refractivity contribution in [1.82, 2.24) is 9.97 Å². The van der Waals surface area contributed by atoms with Crippen molar-refractivity contribution >= 4 is 15.8 Å². The first kappa shape index (κ1) is 12.9. The number of hydrogen-bond donors (Lipinski definition) is 1. The maximum atomic E-state index is 11.0. The predicted octanol–water partition coefficient (Wildman–Crippen LogP) is -0.550. The average molecular weight is 245 g/mol. The molecule has 0 aliphatic carbocycles. The van der Waals surface area contributed by atoms with Gasteiger partial charge < -0.3 is 10.0 Å². The lowest BCUT2D eigenvalue weighted by atomic mass is 10.4. The van der Waals surface area contributed by atoms with Crippen molar-refractivity contribution in [3.05, 3.63) is 18.0 Å². The maximum Gasteiger partial charge on any atom is 0.225 e. The quantitative estimate of drug-likeness (QED) is 0.749. The first-order valence-corrected chi connectivity index (χ1v) is 6.79. The van der Waals surface area contributed by atoms with E-state index in [2.05, 4.69) is 9.97 Å². The number of aliphatic hydroxyl groups is 1. The third-order valence-corrected chi connectivity index (χ3v) is 2.94. The average Bonchev–Trinajstić information content (AvgIpc) is 2.25. The summed E-state index contributed by atoms with van der Waals surface area (Å²) in [5.41, 5.74) is 0.625. The summed E-state index contributed by atoms with van der Waals surface area (Å²) in [5, 5.41) is 8.80. The number of rotatable bonds is 5. The van der Waals surface area contributed by atoms with Gasteiger partial charge in [-0.1, -0.05) is 0 Å². The molecule has 1 N–H and O–H groups in total. The summed E-state index contributed by atoms with van der Waals surface area (Å²) >= 11 is 0. The van der Waals surface area contributed by atoms with Crippen molar-refractivity contribution in [2.75, 3.05) is 30.5 Å². The Morgan fingerprint density at radius 1 is 1.38 bits per heavy atom. The SMILES string of the molecule is CN(CCS(C)(=O)=O)c1ncc(CO)cn1. The molecule has 0 spiro atoms. The van der Waals surface area contributed by atoms with Crippen LogP contribution < -0.4 is 4.90 Å². The molecule has 0 aromatic carbocycles. The van der Waals surface area contributed by atoms with Crippen molar-refractivity contribution in [3.63, 3.8) is 0 Å². The van der Waals surface area contributed by atoms with Gasteiger partial charge in [-0.3, -0.25) is 0 Å². The maximum absolute atomic E-state index is 11.0. The molecular formula is C9H15N3O3S. The molecule has 16 heavy (non-hydrogen) atoms. The Balaban J connectivity index is 2.62. The summed E-state index contributed by atoms with van der Waals surface area (Å²) in [7, 11) is -1.26. The Morgan fingerprint density at radius 3 is 2.38 bits per heavy atom. The zero-order valence-corrected chi connectivity index (χ0v) is 10.1. The fourth-order valence-corrected chi connectivity index (χ4v) is 1.63. The van der Waals surface area contributed by atoms with Crippen LogP contribution in [-0.2, 0) is 16.4 Å². The lowest BCUT2D eigenvalue weighted by molar-refractivity contribution is 0.281. The molecule has 0 aliphatic heterocycles. The summed E-state index contributed by atoms with van der Waals surface area (Å²) in [5.74, 6) is 0.509. The second-order valence-electron chi connectivity index (χ2n) is 3.60. The minimum absolute atomic E-state index is 0.0641. The molecule has 6 nitrogen and oxygen atoms in total. The standard InChI is InChI=1S/C9H15N3O3S/c1-12(3-4-16(2,14)15)9-10-5-8(7-13)6-11-9/h5-6,13H,3-4,7H2,1-2H3. The van der Waals surface area contributed by atoms with Gasteiger partial charge in [-0.25, -0.2) is 18.4 Å². The van der Waals surface area contributed by atoms with E-state index in [0.717, 1.165) is 0 Å². The number of sulfone groups is 1. The molecule has 1 aromatic heterocycles. The Hall–Kier alpha value is -1.21. The molecular weight excluding hydrogens is 230 g/mol. The van der Waals surface area contributed by atoms with E-state index in [1.54, 1.807) is 11.9 Å². The van der Waals surface area contributed by atoms with Crippen LogP contribution in [0.2, 0.25) is 0 Å². The third kappa shape index (κ3) is 4.11. The van der Waals surface area contributed by atoms with Crippen LogP contribution in [0, 0.1) is 0 Å². The van der Waals surface area contributed by atoms with Gasteiger partial charge in [0.1, 0.15) is 9.84 Å². The van der Waals surface area contributed by atoms with Crippen molar-refractivity contribution in [3.8, 4) is 0 Å². The molecule has 0 unspecified atom stereocenters. The highest BCUT2D eigenvalue weighted by molar-refractivity contribution is 7.90. The Labute approximate surface area is 94.9 Å². The highest BCUT2D eigenvalue weighted by Crippen LogP contribution is 2.04. The highest BCUT2D eigenvalue weighted by Gasteiger charge is 2.08. The lowest BCUT2D eigenvalue weighted by Crippen LogP contribution is -2.26. The van der Waals surface area contributed by atoms with Crippen LogP contribution >= 0.6 is 0 Å². The largest absolute Gasteiger partial charge is 0.392 e. The minimum Gasteiger partial charge on any atom is -0.392 e. The molecule has 0 bridgehead atoms. The first-order valence-electron chi connectivity index (χ1n) is 4.73. The van der Waals surface area contributed by atoms with E-state index in [9.17, 15) is 8.42 Å². The molecule has 0 atom stereocenters. The van der Waals surface area contributed by atoms with E-state index in [0.29, 0.717) is 18.1 Å². The normalized spacial score (nSPS) is 11.4. The smallest absolute Gasteiger partial charge is 0.225 e. The molecule has 1 rings (SSSR count). The van der Waals surface area contributed by atoms with Crippen LogP contribution in [0.15, 0.2) is 12.4 Å². The number of anilines is 1. The lowest BCUT2D eigenvalue weighted by Gasteiger charge is -2.15. The molecule has 1 aromatic rings. The zero-order chi connectivity index (χ0) is 12.2. The summed E-state index contributed by atoms with van der Waals surface area (Å²) in [6, 6.07) is 0. The van der Waals surface area contributed by atoms with E-state index in [-0.39, 0.29) is 12.4 Å². The summed E-state index contributed by atoms with van der Waals surface area (Å²) in [6.45, 7) is 0.241. The van der Waals surface area contributed by atoms with Crippen LogP contribution in [0.1, 0.15) is 5.56 Å². The van der Waals surface area contributed by atoms with E-state index >= 15 is 0 Å².